The molecule has 4 rings (SSSR count). The van der Waals surface area contributed by atoms with Gasteiger partial charge in [0.1, 0.15) is 12.4 Å². The molecule has 156 valence electrons. The highest BCUT2D eigenvalue weighted by atomic mass is 16.5. The molecule has 1 N–H and O–H groups in total. The number of amides is 1. The largest absolute Gasteiger partial charge is 0.503 e. The number of ether oxygens (including phenoxy) is 1. The highest BCUT2D eigenvalue weighted by Gasteiger charge is 2.44. The van der Waals surface area contributed by atoms with Crippen LogP contribution in [0.25, 0.3) is 0 Å². The minimum atomic E-state index is -0.822. The molecule has 0 radical (unpaired) electrons. The molecule has 3 heterocycles. The zero-order valence-electron chi connectivity index (χ0n) is 16.6. The van der Waals surface area contributed by atoms with Gasteiger partial charge in [0, 0.05) is 18.9 Å². The molecule has 2 aromatic heterocycles. The smallest absolute Gasteiger partial charge is 0.290 e. The lowest BCUT2D eigenvalue weighted by Gasteiger charge is -2.27. The van der Waals surface area contributed by atoms with Crippen LogP contribution in [0.2, 0.25) is 0 Å². The lowest BCUT2D eigenvalue weighted by molar-refractivity contribution is -0.130. The van der Waals surface area contributed by atoms with Crippen molar-refractivity contribution in [2.45, 2.75) is 12.6 Å². The summed E-state index contributed by atoms with van der Waals surface area (Å²) in [6, 6.07) is 12.9. The van der Waals surface area contributed by atoms with E-state index < -0.39 is 23.5 Å². The van der Waals surface area contributed by atoms with Crippen molar-refractivity contribution in [2.75, 3.05) is 6.61 Å². The highest BCUT2D eigenvalue weighted by molar-refractivity contribution is 6.15. The van der Waals surface area contributed by atoms with Crippen molar-refractivity contribution in [3.63, 3.8) is 0 Å². The molecule has 0 saturated carbocycles. The summed E-state index contributed by atoms with van der Waals surface area (Å²) in [6.45, 7) is 4.11. The number of Topliss-reactive ketones (excluding diaryl/α,β-unsaturated/α-hetero) is 1. The SMILES string of the molecule is C=CCOc1cccc([C@@H]2C(C(=O)c3ccco3)=C(O)C(=O)N2Cc2cccnc2)c1. The third-order valence-electron chi connectivity index (χ3n) is 4.91. The van der Waals surface area contributed by atoms with Crippen LogP contribution in [0.15, 0.2) is 95.6 Å². The van der Waals surface area contributed by atoms with Gasteiger partial charge in [-0.05, 0) is 41.5 Å². The van der Waals surface area contributed by atoms with E-state index in [0.29, 0.717) is 17.9 Å². The lowest BCUT2D eigenvalue weighted by Crippen LogP contribution is -2.30. The first-order valence-corrected chi connectivity index (χ1v) is 9.65. The first-order chi connectivity index (χ1) is 15.1. The van der Waals surface area contributed by atoms with E-state index >= 15 is 0 Å². The van der Waals surface area contributed by atoms with Crippen molar-refractivity contribution in [1.82, 2.24) is 9.88 Å². The van der Waals surface area contributed by atoms with Gasteiger partial charge in [0.15, 0.2) is 11.5 Å². The van der Waals surface area contributed by atoms with Gasteiger partial charge in [-0.1, -0.05) is 30.9 Å². The Morgan fingerprint density at radius 2 is 2.13 bits per heavy atom. The first-order valence-electron chi connectivity index (χ1n) is 9.65. The molecule has 0 spiro atoms. The number of aliphatic hydroxyl groups is 1. The van der Waals surface area contributed by atoms with Crippen molar-refractivity contribution in [2.24, 2.45) is 0 Å². The van der Waals surface area contributed by atoms with Crippen molar-refractivity contribution in [3.05, 3.63) is 108 Å². The van der Waals surface area contributed by atoms with E-state index in [2.05, 4.69) is 11.6 Å². The number of carbonyl (C=O) groups excluding carboxylic acids is 2. The Hall–Kier alpha value is -4.13. The second kappa shape index (κ2) is 8.71. The predicted octanol–water partition coefficient (Wildman–Crippen LogP) is 4.02. The summed E-state index contributed by atoms with van der Waals surface area (Å²) < 4.78 is 10.9. The van der Waals surface area contributed by atoms with E-state index in [-0.39, 0.29) is 17.9 Å². The maximum absolute atomic E-state index is 13.2. The third-order valence-corrected chi connectivity index (χ3v) is 4.91. The molecule has 7 nitrogen and oxygen atoms in total. The van der Waals surface area contributed by atoms with Crippen molar-refractivity contribution in [1.29, 1.82) is 0 Å². The van der Waals surface area contributed by atoms with Gasteiger partial charge in [-0.15, -0.1) is 0 Å². The monoisotopic (exact) mass is 416 g/mol. The quantitative estimate of drug-likeness (QED) is 0.440. The van der Waals surface area contributed by atoms with Crippen LogP contribution in [0.4, 0.5) is 0 Å². The number of benzene rings is 1. The van der Waals surface area contributed by atoms with E-state index in [1.165, 1.54) is 17.2 Å². The van der Waals surface area contributed by atoms with Gasteiger partial charge >= 0.3 is 0 Å². The fourth-order valence-electron chi connectivity index (χ4n) is 3.55. The van der Waals surface area contributed by atoms with Crippen LogP contribution in [-0.2, 0) is 11.3 Å². The molecule has 7 heteroatoms. The molecular formula is C24H20N2O5. The number of furan rings is 1. The maximum atomic E-state index is 13.2. The summed E-state index contributed by atoms with van der Waals surface area (Å²) in [6.07, 6.45) is 6.26. The van der Waals surface area contributed by atoms with E-state index in [4.69, 9.17) is 9.15 Å². The summed E-state index contributed by atoms with van der Waals surface area (Å²) in [5.74, 6) is -1.18. The van der Waals surface area contributed by atoms with Crippen molar-refractivity contribution < 1.29 is 23.8 Å². The van der Waals surface area contributed by atoms with E-state index in [1.807, 2.05) is 6.07 Å². The molecule has 0 saturated heterocycles. The fourth-order valence-corrected chi connectivity index (χ4v) is 3.55. The molecule has 1 aliphatic heterocycles. The number of aromatic nitrogens is 1. The van der Waals surface area contributed by atoms with Crippen LogP contribution in [0, 0.1) is 0 Å². The summed E-state index contributed by atoms with van der Waals surface area (Å²) in [4.78, 5) is 31.7. The molecule has 1 aliphatic rings. The number of ketones is 1. The standard InChI is InChI=1S/C24H20N2O5/c1-2-11-30-18-8-3-7-17(13-18)21-20(22(27)19-9-5-12-31-19)23(28)24(29)26(21)15-16-6-4-10-25-14-16/h2-10,12-14,21,28H,1,11,15H2/t21-/m1/s1. The summed E-state index contributed by atoms with van der Waals surface area (Å²) in [5, 5.41) is 10.7. The van der Waals surface area contributed by atoms with Crippen LogP contribution < -0.4 is 4.74 Å². The molecule has 0 fully saturated rings. The Morgan fingerprint density at radius 1 is 1.26 bits per heavy atom. The number of hydrogen-bond donors (Lipinski definition) is 1. The summed E-state index contributed by atoms with van der Waals surface area (Å²) in [7, 11) is 0. The molecular weight excluding hydrogens is 396 g/mol. The zero-order valence-corrected chi connectivity index (χ0v) is 16.6. The highest BCUT2D eigenvalue weighted by Crippen LogP contribution is 2.40. The van der Waals surface area contributed by atoms with Crippen LogP contribution in [0.1, 0.15) is 27.7 Å². The zero-order chi connectivity index (χ0) is 21.8. The van der Waals surface area contributed by atoms with Crippen LogP contribution in [-0.4, -0.2) is 33.3 Å². The van der Waals surface area contributed by atoms with Gasteiger partial charge in [-0.2, -0.15) is 0 Å². The number of rotatable bonds is 8. The molecule has 1 atom stereocenters. The number of pyridine rings is 1. The molecule has 0 aliphatic carbocycles. The number of nitrogens with zero attached hydrogens (tertiary/aromatic N) is 2. The van der Waals surface area contributed by atoms with Gasteiger partial charge in [-0.25, -0.2) is 0 Å². The first kappa shape index (κ1) is 20.2. The van der Waals surface area contributed by atoms with E-state index in [9.17, 15) is 14.7 Å². The van der Waals surface area contributed by atoms with Gasteiger partial charge in [-0.3, -0.25) is 14.6 Å². The van der Waals surface area contributed by atoms with Crippen LogP contribution in [0.3, 0.4) is 0 Å². The Bertz CT molecular complexity index is 1140. The average molecular weight is 416 g/mol. The second-order valence-electron chi connectivity index (χ2n) is 6.94. The Labute approximate surface area is 178 Å². The van der Waals surface area contributed by atoms with Crippen molar-refractivity contribution >= 4 is 11.7 Å². The second-order valence-corrected chi connectivity index (χ2v) is 6.94. The van der Waals surface area contributed by atoms with E-state index in [0.717, 1.165) is 5.56 Å². The molecule has 1 amide bonds. The Kier molecular flexibility index (Phi) is 5.66. The topological polar surface area (TPSA) is 92.9 Å². The van der Waals surface area contributed by atoms with Gasteiger partial charge in [0.2, 0.25) is 5.78 Å². The predicted molar refractivity (Wildman–Crippen MR) is 112 cm³/mol. The number of carbonyl (C=O) groups is 2. The number of aliphatic hydroxyl groups excluding tert-OH is 1. The minimum absolute atomic E-state index is 0.0373. The lowest BCUT2D eigenvalue weighted by atomic mass is 9.94. The fraction of sp³-hybridized carbons (Fsp3) is 0.125. The van der Waals surface area contributed by atoms with Crippen LogP contribution >= 0.6 is 0 Å². The normalized spacial score (nSPS) is 15.9. The van der Waals surface area contributed by atoms with Crippen molar-refractivity contribution in [3.8, 4) is 5.75 Å². The molecule has 0 bridgehead atoms. The Morgan fingerprint density at radius 3 is 2.84 bits per heavy atom. The van der Waals surface area contributed by atoms with Gasteiger partial charge in [0.25, 0.3) is 5.91 Å². The van der Waals surface area contributed by atoms with Gasteiger partial charge < -0.3 is 19.2 Å². The molecule has 31 heavy (non-hydrogen) atoms. The maximum Gasteiger partial charge on any atom is 0.290 e. The summed E-state index contributed by atoms with van der Waals surface area (Å²) in [5.41, 5.74) is 1.35. The molecule has 1 aromatic carbocycles. The number of hydrogen-bond acceptors (Lipinski definition) is 6. The molecule has 3 aromatic rings. The minimum Gasteiger partial charge on any atom is -0.503 e. The van der Waals surface area contributed by atoms with Gasteiger partial charge in [0.05, 0.1) is 17.9 Å². The van der Waals surface area contributed by atoms with E-state index in [1.54, 1.807) is 54.9 Å². The van der Waals surface area contributed by atoms with Crippen LogP contribution in [0.5, 0.6) is 5.75 Å². The summed E-state index contributed by atoms with van der Waals surface area (Å²) >= 11 is 0. The third kappa shape index (κ3) is 3.98. The average Bonchev–Trinajstić information content (AvgIpc) is 3.42. The molecule has 0 unspecified atom stereocenters. The Balaban J connectivity index is 1.78.